The van der Waals surface area contributed by atoms with Crippen LogP contribution in [0.1, 0.15) is 34.5 Å². The first-order valence-corrected chi connectivity index (χ1v) is 7.64. The molecule has 1 saturated heterocycles. The minimum atomic E-state index is -0.103. The number of amides is 1. The predicted octanol–water partition coefficient (Wildman–Crippen LogP) is 3.20. The highest BCUT2D eigenvalue weighted by Gasteiger charge is 2.19. The lowest BCUT2D eigenvalue weighted by Crippen LogP contribution is -2.26. The minimum Gasteiger partial charge on any atom is -0.450 e. The van der Waals surface area contributed by atoms with Crippen LogP contribution in [0.15, 0.2) is 22.6 Å². The lowest BCUT2D eigenvalue weighted by Gasteiger charge is -2.08. The number of halogens is 1. The molecule has 5 heteroatoms. The second-order valence-corrected chi connectivity index (χ2v) is 5.91. The van der Waals surface area contributed by atoms with Crippen molar-refractivity contribution >= 4 is 29.3 Å². The Morgan fingerprint density at radius 1 is 1.41 bits per heavy atom. The zero-order valence-corrected chi connectivity index (χ0v) is 13.9. The second kappa shape index (κ2) is 7.16. The molecule has 3 rings (SSSR count). The molecule has 1 fully saturated rings. The van der Waals surface area contributed by atoms with Crippen LogP contribution in [0.4, 0.5) is 0 Å². The molecule has 0 bridgehead atoms. The average molecular weight is 323 g/mol. The number of nitrogens with one attached hydrogen (secondary N) is 2. The van der Waals surface area contributed by atoms with Crippen LogP contribution in [0.5, 0.6) is 0 Å². The normalized spacial score (nSPS) is 17.5. The Hall–Kier alpha value is -1.52. The zero-order chi connectivity index (χ0) is 14.8. The van der Waals surface area contributed by atoms with E-state index in [1.54, 1.807) is 0 Å². The topological polar surface area (TPSA) is 54.3 Å². The van der Waals surface area contributed by atoms with Crippen LogP contribution < -0.4 is 10.6 Å². The van der Waals surface area contributed by atoms with Crippen molar-refractivity contribution in [2.24, 2.45) is 5.92 Å². The van der Waals surface area contributed by atoms with Crippen LogP contribution in [0.3, 0.4) is 0 Å². The SMILES string of the molecule is Cc1c(C(=O)NCCC2CCNC2)oc2c(C)cccc12.Cl. The van der Waals surface area contributed by atoms with E-state index in [0.29, 0.717) is 18.2 Å². The molecule has 1 aliphatic heterocycles. The number of aryl methyl sites for hydroxylation is 2. The highest BCUT2D eigenvalue weighted by molar-refractivity contribution is 5.99. The molecule has 1 unspecified atom stereocenters. The number of hydrogen-bond donors (Lipinski definition) is 2. The van der Waals surface area contributed by atoms with Crippen molar-refractivity contribution in [1.29, 1.82) is 0 Å². The Labute approximate surface area is 137 Å². The number of rotatable bonds is 4. The summed E-state index contributed by atoms with van der Waals surface area (Å²) < 4.78 is 5.79. The molecular weight excluding hydrogens is 300 g/mol. The van der Waals surface area contributed by atoms with Crippen molar-refractivity contribution in [1.82, 2.24) is 10.6 Å². The summed E-state index contributed by atoms with van der Waals surface area (Å²) in [7, 11) is 0. The maximum Gasteiger partial charge on any atom is 0.287 e. The smallest absolute Gasteiger partial charge is 0.287 e. The standard InChI is InChI=1S/C17H22N2O2.ClH/c1-11-4-3-5-14-12(2)16(21-15(11)14)17(20)19-9-7-13-6-8-18-10-13;/h3-5,13,18H,6-10H2,1-2H3,(H,19,20);1H. The fraction of sp³-hybridized carbons (Fsp3) is 0.471. The van der Waals surface area contributed by atoms with Gasteiger partial charge in [-0.25, -0.2) is 0 Å². The van der Waals surface area contributed by atoms with Crippen molar-refractivity contribution in [3.63, 3.8) is 0 Å². The maximum atomic E-state index is 12.3. The number of para-hydroxylation sites is 1. The van der Waals surface area contributed by atoms with Gasteiger partial charge in [-0.15, -0.1) is 12.4 Å². The number of furan rings is 1. The molecule has 0 spiro atoms. The van der Waals surface area contributed by atoms with Gasteiger partial charge in [0.25, 0.3) is 5.91 Å². The van der Waals surface area contributed by atoms with E-state index in [-0.39, 0.29) is 18.3 Å². The van der Waals surface area contributed by atoms with E-state index >= 15 is 0 Å². The van der Waals surface area contributed by atoms with Gasteiger partial charge in [-0.3, -0.25) is 4.79 Å². The van der Waals surface area contributed by atoms with Crippen LogP contribution in [-0.4, -0.2) is 25.5 Å². The van der Waals surface area contributed by atoms with Gasteiger partial charge in [-0.2, -0.15) is 0 Å². The highest BCUT2D eigenvalue weighted by Crippen LogP contribution is 2.27. The van der Waals surface area contributed by atoms with Gasteiger partial charge < -0.3 is 15.1 Å². The lowest BCUT2D eigenvalue weighted by atomic mass is 10.1. The summed E-state index contributed by atoms with van der Waals surface area (Å²) in [5.41, 5.74) is 2.81. The number of benzene rings is 1. The third kappa shape index (κ3) is 3.28. The Morgan fingerprint density at radius 3 is 2.91 bits per heavy atom. The summed E-state index contributed by atoms with van der Waals surface area (Å²) in [6.45, 7) is 6.82. The summed E-state index contributed by atoms with van der Waals surface area (Å²) in [4.78, 5) is 12.3. The fourth-order valence-electron chi connectivity index (χ4n) is 3.03. The highest BCUT2D eigenvalue weighted by atomic mass is 35.5. The van der Waals surface area contributed by atoms with E-state index < -0.39 is 0 Å². The molecule has 2 heterocycles. The predicted molar refractivity (Wildman–Crippen MR) is 90.9 cm³/mol. The molecule has 1 atom stereocenters. The first kappa shape index (κ1) is 16.8. The van der Waals surface area contributed by atoms with Crippen molar-refractivity contribution in [2.45, 2.75) is 26.7 Å². The van der Waals surface area contributed by atoms with Gasteiger partial charge in [0.1, 0.15) is 5.58 Å². The minimum absolute atomic E-state index is 0. The van der Waals surface area contributed by atoms with E-state index in [2.05, 4.69) is 10.6 Å². The summed E-state index contributed by atoms with van der Waals surface area (Å²) in [6, 6.07) is 6.00. The van der Waals surface area contributed by atoms with Gasteiger partial charge in [0, 0.05) is 17.5 Å². The van der Waals surface area contributed by atoms with Crippen molar-refractivity contribution < 1.29 is 9.21 Å². The number of fused-ring (bicyclic) bond motifs is 1. The van der Waals surface area contributed by atoms with E-state index in [4.69, 9.17) is 4.42 Å². The van der Waals surface area contributed by atoms with E-state index in [9.17, 15) is 4.79 Å². The van der Waals surface area contributed by atoms with Gasteiger partial charge in [0.05, 0.1) is 0 Å². The fourth-order valence-corrected chi connectivity index (χ4v) is 3.03. The van der Waals surface area contributed by atoms with E-state index in [0.717, 1.165) is 41.6 Å². The van der Waals surface area contributed by atoms with Gasteiger partial charge >= 0.3 is 0 Å². The monoisotopic (exact) mass is 322 g/mol. The molecule has 0 radical (unpaired) electrons. The molecule has 0 aliphatic carbocycles. The quantitative estimate of drug-likeness (QED) is 0.909. The zero-order valence-electron chi connectivity index (χ0n) is 13.1. The molecular formula is C17H23ClN2O2. The summed E-state index contributed by atoms with van der Waals surface area (Å²) in [5, 5.41) is 7.36. The molecule has 2 N–H and O–H groups in total. The second-order valence-electron chi connectivity index (χ2n) is 5.91. The Bertz CT molecular complexity index is 660. The van der Waals surface area contributed by atoms with Gasteiger partial charge in [-0.1, -0.05) is 18.2 Å². The molecule has 120 valence electrons. The molecule has 4 nitrogen and oxygen atoms in total. The third-order valence-electron chi connectivity index (χ3n) is 4.37. The molecule has 1 amide bonds. The van der Waals surface area contributed by atoms with Gasteiger partial charge in [0.15, 0.2) is 5.76 Å². The molecule has 2 aromatic rings. The first-order chi connectivity index (χ1) is 10.2. The molecule has 1 aliphatic rings. The Kier molecular flexibility index (Phi) is 5.48. The summed E-state index contributed by atoms with van der Waals surface area (Å²) in [6.07, 6.45) is 2.23. The molecule has 22 heavy (non-hydrogen) atoms. The number of carbonyl (C=O) groups is 1. The van der Waals surface area contributed by atoms with Crippen molar-refractivity contribution in [3.8, 4) is 0 Å². The van der Waals surface area contributed by atoms with Crippen LogP contribution in [0.2, 0.25) is 0 Å². The van der Waals surface area contributed by atoms with Crippen molar-refractivity contribution in [2.75, 3.05) is 19.6 Å². The third-order valence-corrected chi connectivity index (χ3v) is 4.37. The van der Waals surface area contributed by atoms with Gasteiger partial charge in [-0.05, 0) is 51.3 Å². The van der Waals surface area contributed by atoms with Crippen LogP contribution in [-0.2, 0) is 0 Å². The summed E-state index contributed by atoms with van der Waals surface area (Å²) >= 11 is 0. The largest absolute Gasteiger partial charge is 0.450 e. The van der Waals surface area contributed by atoms with Crippen LogP contribution in [0, 0.1) is 19.8 Å². The van der Waals surface area contributed by atoms with Crippen molar-refractivity contribution in [3.05, 3.63) is 35.1 Å². The van der Waals surface area contributed by atoms with Crippen LogP contribution in [0.25, 0.3) is 11.0 Å². The lowest BCUT2D eigenvalue weighted by molar-refractivity contribution is 0.0925. The molecule has 1 aromatic heterocycles. The van der Waals surface area contributed by atoms with Crippen LogP contribution >= 0.6 is 12.4 Å². The number of hydrogen-bond acceptors (Lipinski definition) is 3. The van der Waals surface area contributed by atoms with Gasteiger partial charge in [0.2, 0.25) is 0 Å². The Morgan fingerprint density at radius 2 is 2.23 bits per heavy atom. The average Bonchev–Trinajstić information content (AvgIpc) is 3.08. The maximum absolute atomic E-state index is 12.3. The Balaban J connectivity index is 0.00000176. The molecule has 1 aromatic carbocycles. The molecule has 0 saturated carbocycles. The van der Waals surface area contributed by atoms with E-state index in [1.165, 1.54) is 6.42 Å². The first-order valence-electron chi connectivity index (χ1n) is 7.64. The number of carbonyl (C=O) groups excluding carboxylic acids is 1. The van der Waals surface area contributed by atoms with E-state index in [1.807, 2.05) is 32.0 Å². The summed E-state index contributed by atoms with van der Waals surface area (Å²) in [5.74, 6) is 1.03.